The minimum atomic E-state index is -4.30. The van der Waals surface area contributed by atoms with Gasteiger partial charge in [0.05, 0.1) is 5.56 Å². The van der Waals surface area contributed by atoms with Crippen LogP contribution in [0.3, 0.4) is 0 Å². The number of likely N-dealkylation sites (N-methyl/N-ethyl adjacent to an activating group) is 2. The average molecular weight is 302 g/mol. The normalized spacial score (nSPS) is 15.5. The molecule has 1 N–H and O–H groups in total. The first-order chi connectivity index (χ1) is 9.66. The molecular formula is C16H25F3N2. The molecule has 0 amide bonds. The third-order valence-corrected chi connectivity index (χ3v) is 4.10. The molecule has 120 valence electrons. The fraction of sp³-hybridized carbons (Fsp3) is 0.625. The number of alkyl halides is 3. The number of nitrogens with one attached hydrogen (secondary N) is 1. The van der Waals surface area contributed by atoms with Crippen LogP contribution in [0, 0.1) is 5.92 Å². The molecule has 0 fully saturated rings. The lowest BCUT2D eigenvalue weighted by atomic mass is 10.0. The number of nitrogens with zero attached hydrogens (tertiary/aromatic N) is 1. The van der Waals surface area contributed by atoms with Crippen molar-refractivity contribution in [3.05, 3.63) is 35.4 Å². The van der Waals surface area contributed by atoms with Gasteiger partial charge >= 0.3 is 6.18 Å². The van der Waals surface area contributed by atoms with Crippen molar-refractivity contribution in [3.8, 4) is 0 Å². The monoisotopic (exact) mass is 302 g/mol. The van der Waals surface area contributed by atoms with Gasteiger partial charge in [0, 0.05) is 18.6 Å². The largest absolute Gasteiger partial charge is 0.416 e. The highest BCUT2D eigenvalue weighted by molar-refractivity contribution is 5.28. The number of rotatable bonds is 6. The predicted octanol–water partition coefficient (Wildman–Crippen LogP) is 3.94. The fourth-order valence-electron chi connectivity index (χ4n) is 2.26. The average Bonchev–Trinajstić information content (AvgIpc) is 2.42. The summed E-state index contributed by atoms with van der Waals surface area (Å²) in [6.45, 7) is 7.07. The van der Waals surface area contributed by atoms with Crippen LogP contribution in [0.1, 0.15) is 37.9 Å². The van der Waals surface area contributed by atoms with Crippen molar-refractivity contribution in [2.75, 3.05) is 20.6 Å². The van der Waals surface area contributed by atoms with E-state index in [0.29, 0.717) is 24.1 Å². The maximum absolute atomic E-state index is 12.8. The van der Waals surface area contributed by atoms with E-state index in [4.69, 9.17) is 0 Å². The van der Waals surface area contributed by atoms with Crippen LogP contribution in [0.25, 0.3) is 0 Å². The molecule has 0 heterocycles. The molecule has 2 atom stereocenters. The minimum Gasteiger partial charge on any atom is -0.312 e. The van der Waals surface area contributed by atoms with Gasteiger partial charge in [0.1, 0.15) is 0 Å². The van der Waals surface area contributed by atoms with Crippen molar-refractivity contribution < 1.29 is 13.2 Å². The van der Waals surface area contributed by atoms with Gasteiger partial charge in [-0.15, -0.1) is 0 Å². The van der Waals surface area contributed by atoms with Gasteiger partial charge in [-0.2, -0.15) is 13.2 Å². The summed E-state index contributed by atoms with van der Waals surface area (Å²) in [6, 6.07) is 5.79. The molecule has 0 aliphatic rings. The van der Waals surface area contributed by atoms with E-state index in [0.717, 1.165) is 6.07 Å². The molecule has 0 saturated heterocycles. The standard InChI is InChI=1S/C16H25F3N2/c1-11(2)12(3)21(5)10-15(20-4)13-7-6-8-14(9-13)16(17,18)19/h6-9,11-12,15,20H,10H2,1-5H3. The molecule has 1 rings (SSSR count). The van der Waals surface area contributed by atoms with Crippen molar-refractivity contribution in [2.45, 2.75) is 39.0 Å². The Bertz CT molecular complexity index is 443. The Labute approximate surface area is 125 Å². The zero-order valence-corrected chi connectivity index (χ0v) is 13.3. The van der Waals surface area contributed by atoms with Gasteiger partial charge in [-0.05, 0) is 44.6 Å². The lowest BCUT2D eigenvalue weighted by Crippen LogP contribution is -2.39. The second-order valence-electron chi connectivity index (χ2n) is 5.89. The van der Waals surface area contributed by atoms with Crippen LogP contribution in [-0.4, -0.2) is 31.6 Å². The number of halogens is 3. The van der Waals surface area contributed by atoms with E-state index in [1.165, 1.54) is 12.1 Å². The molecule has 0 spiro atoms. The highest BCUT2D eigenvalue weighted by atomic mass is 19.4. The summed E-state index contributed by atoms with van der Waals surface area (Å²) < 4.78 is 38.4. The zero-order chi connectivity index (χ0) is 16.2. The number of hydrogen-bond acceptors (Lipinski definition) is 2. The molecule has 1 aromatic rings. The summed E-state index contributed by atoms with van der Waals surface area (Å²) >= 11 is 0. The summed E-state index contributed by atoms with van der Waals surface area (Å²) in [6.07, 6.45) is -4.30. The van der Waals surface area contributed by atoms with Crippen LogP contribution in [0.4, 0.5) is 13.2 Å². The van der Waals surface area contributed by atoms with Crippen LogP contribution in [0.5, 0.6) is 0 Å². The quantitative estimate of drug-likeness (QED) is 0.856. The highest BCUT2D eigenvalue weighted by Gasteiger charge is 2.31. The van der Waals surface area contributed by atoms with E-state index in [2.05, 4.69) is 31.0 Å². The molecule has 0 aliphatic heterocycles. The van der Waals surface area contributed by atoms with Gasteiger partial charge in [-0.3, -0.25) is 0 Å². The Morgan fingerprint density at radius 3 is 2.29 bits per heavy atom. The molecule has 0 aromatic heterocycles. The minimum absolute atomic E-state index is 0.126. The van der Waals surface area contributed by atoms with Gasteiger partial charge in [-0.1, -0.05) is 26.0 Å². The van der Waals surface area contributed by atoms with Crippen LogP contribution in [0.2, 0.25) is 0 Å². The third kappa shape index (κ3) is 5.00. The van der Waals surface area contributed by atoms with E-state index in [1.807, 2.05) is 7.05 Å². The Balaban J connectivity index is 2.90. The molecule has 5 heteroatoms. The molecular weight excluding hydrogens is 277 g/mol. The Hall–Kier alpha value is -1.07. The summed E-state index contributed by atoms with van der Waals surface area (Å²) in [5, 5.41) is 3.11. The Kier molecular flexibility index (Phi) is 6.23. The maximum atomic E-state index is 12.8. The van der Waals surface area contributed by atoms with Gasteiger partial charge in [0.15, 0.2) is 0 Å². The van der Waals surface area contributed by atoms with Gasteiger partial charge in [0.25, 0.3) is 0 Å². The molecule has 21 heavy (non-hydrogen) atoms. The van der Waals surface area contributed by atoms with Gasteiger partial charge in [-0.25, -0.2) is 0 Å². The maximum Gasteiger partial charge on any atom is 0.416 e. The molecule has 0 saturated carbocycles. The van der Waals surface area contributed by atoms with Crippen molar-refractivity contribution in [3.63, 3.8) is 0 Å². The Morgan fingerprint density at radius 1 is 1.19 bits per heavy atom. The summed E-state index contributed by atoms with van der Waals surface area (Å²) in [5.41, 5.74) is 0.0648. The molecule has 2 unspecified atom stereocenters. The Morgan fingerprint density at radius 2 is 1.81 bits per heavy atom. The van der Waals surface area contributed by atoms with Crippen molar-refractivity contribution in [1.82, 2.24) is 10.2 Å². The molecule has 0 bridgehead atoms. The van der Waals surface area contributed by atoms with Crippen molar-refractivity contribution >= 4 is 0 Å². The van der Waals surface area contributed by atoms with Crippen LogP contribution in [0.15, 0.2) is 24.3 Å². The van der Waals surface area contributed by atoms with E-state index in [9.17, 15) is 13.2 Å². The summed E-state index contributed by atoms with van der Waals surface area (Å²) in [5.74, 6) is 0.494. The molecule has 0 aliphatic carbocycles. The first-order valence-electron chi connectivity index (χ1n) is 7.21. The van der Waals surface area contributed by atoms with Crippen LogP contribution < -0.4 is 5.32 Å². The van der Waals surface area contributed by atoms with Crippen LogP contribution in [-0.2, 0) is 6.18 Å². The molecule has 1 aromatic carbocycles. The lowest BCUT2D eigenvalue weighted by Gasteiger charge is -2.31. The summed E-state index contributed by atoms with van der Waals surface area (Å²) in [7, 11) is 3.78. The highest BCUT2D eigenvalue weighted by Crippen LogP contribution is 2.31. The number of benzene rings is 1. The number of hydrogen-bond donors (Lipinski definition) is 1. The van der Waals surface area contributed by atoms with E-state index in [1.54, 1.807) is 13.1 Å². The molecule has 2 nitrogen and oxygen atoms in total. The zero-order valence-electron chi connectivity index (χ0n) is 13.3. The second kappa shape index (κ2) is 7.27. The van der Waals surface area contributed by atoms with E-state index < -0.39 is 11.7 Å². The third-order valence-electron chi connectivity index (χ3n) is 4.10. The first kappa shape index (κ1) is 18.0. The van der Waals surface area contributed by atoms with Crippen molar-refractivity contribution in [2.24, 2.45) is 5.92 Å². The van der Waals surface area contributed by atoms with Gasteiger partial charge < -0.3 is 10.2 Å². The second-order valence-corrected chi connectivity index (χ2v) is 5.89. The first-order valence-corrected chi connectivity index (χ1v) is 7.21. The summed E-state index contributed by atoms with van der Waals surface area (Å²) in [4.78, 5) is 2.17. The van der Waals surface area contributed by atoms with E-state index in [-0.39, 0.29) is 6.04 Å². The topological polar surface area (TPSA) is 15.3 Å². The predicted molar refractivity (Wildman–Crippen MR) is 80.2 cm³/mol. The lowest BCUT2D eigenvalue weighted by molar-refractivity contribution is -0.137. The fourth-order valence-corrected chi connectivity index (χ4v) is 2.26. The SMILES string of the molecule is CNC(CN(C)C(C)C(C)C)c1cccc(C(F)(F)F)c1. The van der Waals surface area contributed by atoms with Crippen molar-refractivity contribution in [1.29, 1.82) is 0 Å². The molecule has 0 radical (unpaired) electrons. The van der Waals surface area contributed by atoms with Crippen LogP contribution >= 0.6 is 0 Å². The van der Waals surface area contributed by atoms with Gasteiger partial charge in [0.2, 0.25) is 0 Å². The smallest absolute Gasteiger partial charge is 0.312 e. The van der Waals surface area contributed by atoms with E-state index >= 15 is 0 Å².